The van der Waals surface area contributed by atoms with Crippen molar-refractivity contribution in [1.82, 2.24) is 20.4 Å². The normalized spacial score (nSPS) is 15.1. The van der Waals surface area contributed by atoms with Crippen molar-refractivity contribution in [2.75, 3.05) is 19.6 Å². The van der Waals surface area contributed by atoms with Crippen LogP contribution in [-0.4, -0.2) is 46.5 Å². The molecule has 0 bridgehead atoms. The van der Waals surface area contributed by atoms with Gasteiger partial charge >= 0.3 is 0 Å². The van der Waals surface area contributed by atoms with Crippen molar-refractivity contribution < 1.29 is 18.5 Å². The van der Waals surface area contributed by atoms with Crippen molar-refractivity contribution in [3.8, 4) is 11.6 Å². The third kappa shape index (κ3) is 5.18. The summed E-state index contributed by atoms with van der Waals surface area (Å²) >= 11 is 0. The Balaban J connectivity index is 1.32. The maximum Gasteiger partial charge on any atom is 0.238 e. The molecule has 3 heterocycles. The number of hydrogen-bond donors (Lipinski definition) is 1. The minimum absolute atomic E-state index is 0.0649. The Morgan fingerprint density at radius 2 is 2.23 bits per heavy atom. The highest BCUT2D eigenvalue weighted by Gasteiger charge is 2.16. The number of likely N-dealkylation sites (tertiary alicyclic amines) is 1. The average molecular weight is 360 g/mol. The highest BCUT2D eigenvalue weighted by molar-refractivity contribution is 5.76. The lowest BCUT2D eigenvalue weighted by Crippen LogP contribution is -2.34. The van der Waals surface area contributed by atoms with Gasteiger partial charge in [-0.25, -0.2) is 0 Å². The first-order valence-corrected chi connectivity index (χ1v) is 9.13. The fourth-order valence-corrected chi connectivity index (χ4v) is 2.94. The minimum Gasteiger partial charge on any atom is -0.461 e. The molecule has 0 atom stereocenters. The largest absolute Gasteiger partial charge is 0.461 e. The van der Waals surface area contributed by atoms with Gasteiger partial charge in [0.2, 0.25) is 23.5 Å². The molecule has 0 saturated carbocycles. The molecule has 1 saturated heterocycles. The zero-order valence-electron chi connectivity index (χ0n) is 14.8. The van der Waals surface area contributed by atoms with Crippen molar-refractivity contribution >= 4 is 11.8 Å². The van der Waals surface area contributed by atoms with Crippen LogP contribution in [0.4, 0.5) is 0 Å². The number of amides is 2. The second-order valence-corrected chi connectivity index (χ2v) is 6.38. The average Bonchev–Trinajstić information content (AvgIpc) is 3.28. The summed E-state index contributed by atoms with van der Waals surface area (Å²) in [5.41, 5.74) is 0. The second kappa shape index (κ2) is 9.17. The van der Waals surface area contributed by atoms with Crippen molar-refractivity contribution in [3.05, 3.63) is 24.3 Å². The van der Waals surface area contributed by atoms with Crippen molar-refractivity contribution in [2.24, 2.45) is 0 Å². The molecule has 1 aliphatic heterocycles. The monoisotopic (exact) mass is 360 g/mol. The number of aryl methyl sites for hydroxylation is 1. The van der Waals surface area contributed by atoms with Gasteiger partial charge in [0, 0.05) is 38.9 Å². The molecular formula is C18H24N4O4. The van der Waals surface area contributed by atoms with Crippen LogP contribution in [-0.2, 0) is 16.0 Å². The van der Waals surface area contributed by atoms with Gasteiger partial charge in [-0.15, -0.1) is 0 Å². The van der Waals surface area contributed by atoms with Crippen LogP contribution < -0.4 is 5.32 Å². The smallest absolute Gasteiger partial charge is 0.238 e. The Hall–Kier alpha value is -2.64. The summed E-state index contributed by atoms with van der Waals surface area (Å²) in [7, 11) is 0. The van der Waals surface area contributed by atoms with E-state index in [1.165, 1.54) is 6.26 Å². The third-order valence-electron chi connectivity index (χ3n) is 4.37. The predicted octanol–water partition coefficient (Wildman–Crippen LogP) is 2.17. The molecule has 1 N–H and O–H groups in total. The van der Waals surface area contributed by atoms with Crippen LogP contribution in [0.25, 0.3) is 11.6 Å². The van der Waals surface area contributed by atoms with E-state index in [1.807, 2.05) is 4.90 Å². The molecule has 2 amide bonds. The van der Waals surface area contributed by atoms with Gasteiger partial charge in [-0.3, -0.25) is 9.59 Å². The first kappa shape index (κ1) is 18.2. The highest BCUT2D eigenvalue weighted by Crippen LogP contribution is 2.16. The number of rotatable bonds is 8. The van der Waals surface area contributed by atoms with E-state index in [0.717, 1.165) is 32.2 Å². The Bertz CT molecular complexity index is 711. The molecule has 0 aliphatic carbocycles. The van der Waals surface area contributed by atoms with E-state index in [4.69, 9.17) is 8.94 Å². The lowest BCUT2D eigenvalue weighted by atomic mass is 10.2. The molecule has 0 spiro atoms. The lowest BCUT2D eigenvalue weighted by molar-refractivity contribution is -0.130. The van der Waals surface area contributed by atoms with E-state index in [9.17, 15) is 9.59 Å². The summed E-state index contributed by atoms with van der Waals surface area (Å²) in [5.74, 6) is 1.49. The molecule has 0 radical (unpaired) electrons. The number of hydrogen-bond acceptors (Lipinski definition) is 6. The summed E-state index contributed by atoms with van der Waals surface area (Å²) < 4.78 is 10.3. The van der Waals surface area contributed by atoms with Crippen molar-refractivity contribution in [1.29, 1.82) is 0 Å². The number of nitrogens with zero attached hydrogens (tertiary/aromatic N) is 3. The fourth-order valence-electron chi connectivity index (χ4n) is 2.94. The standard InChI is InChI=1S/C18H24N4O4/c23-15(19-10-5-12-22-11-3-1-2-7-17(22)24)8-9-16-20-18(21-26-16)14-6-4-13-25-14/h4,6,13H,1-3,5,7-12H2,(H,19,23). The molecule has 2 aromatic heterocycles. The SMILES string of the molecule is O=C(CCc1nc(-c2ccco2)no1)NCCCN1CCCCCC1=O. The summed E-state index contributed by atoms with van der Waals surface area (Å²) in [6.07, 6.45) is 6.80. The first-order chi connectivity index (χ1) is 12.7. The number of carbonyl (C=O) groups excluding carboxylic acids is 2. The van der Waals surface area contributed by atoms with Gasteiger partial charge in [0.15, 0.2) is 5.76 Å². The fraction of sp³-hybridized carbons (Fsp3) is 0.556. The van der Waals surface area contributed by atoms with Gasteiger partial charge < -0.3 is 19.2 Å². The predicted molar refractivity (Wildman–Crippen MR) is 93.0 cm³/mol. The third-order valence-corrected chi connectivity index (χ3v) is 4.37. The van der Waals surface area contributed by atoms with Crippen LogP contribution in [0.5, 0.6) is 0 Å². The highest BCUT2D eigenvalue weighted by atomic mass is 16.5. The Kier molecular flexibility index (Phi) is 6.40. The van der Waals surface area contributed by atoms with E-state index in [2.05, 4.69) is 15.5 Å². The summed E-state index contributed by atoms with van der Waals surface area (Å²) in [5, 5.41) is 6.70. The molecule has 2 aromatic rings. The Labute approximate surface area is 151 Å². The molecule has 8 heteroatoms. The Morgan fingerprint density at radius 3 is 3.08 bits per heavy atom. The molecular weight excluding hydrogens is 336 g/mol. The van der Waals surface area contributed by atoms with E-state index in [0.29, 0.717) is 43.4 Å². The molecule has 26 heavy (non-hydrogen) atoms. The summed E-state index contributed by atoms with van der Waals surface area (Å²) in [6.45, 7) is 2.10. The number of aromatic nitrogens is 2. The quantitative estimate of drug-likeness (QED) is 0.724. The molecule has 140 valence electrons. The second-order valence-electron chi connectivity index (χ2n) is 6.38. The maximum absolute atomic E-state index is 11.9. The number of furan rings is 1. The summed E-state index contributed by atoms with van der Waals surface area (Å²) in [6, 6.07) is 3.49. The van der Waals surface area contributed by atoms with Gasteiger partial charge in [0.1, 0.15) is 0 Å². The minimum atomic E-state index is -0.0649. The molecule has 1 fully saturated rings. The summed E-state index contributed by atoms with van der Waals surface area (Å²) in [4.78, 5) is 29.9. The van der Waals surface area contributed by atoms with Crippen LogP contribution in [0.2, 0.25) is 0 Å². The zero-order chi connectivity index (χ0) is 18.2. The molecule has 3 rings (SSSR count). The lowest BCUT2D eigenvalue weighted by Gasteiger charge is -2.20. The van der Waals surface area contributed by atoms with Crippen LogP contribution in [0, 0.1) is 0 Å². The van der Waals surface area contributed by atoms with Gasteiger partial charge in [-0.2, -0.15) is 4.98 Å². The van der Waals surface area contributed by atoms with Crippen LogP contribution in [0.1, 0.15) is 44.4 Å². The van der Waals surface area contributed by atoms with Crippen LogP contribution in [0.3, 0.4) is 0 Å². The van der Waals surface area contributed by atoms with Crippen LogP contribution >= 0.6 is 0 Å². The van der Waals surface area contributed by atoms with E-state index >= 15 is 0 Å². The first-order valence-electron chi connectivity index (χ1n) is 9.13. The van der Waals surface area contributed by atoms with Crippen LogP contribution in [0.15, 0.2) is 27.3 Å². The van der Waals surface area contributed by atoms with Gasteiger partial charge in [-0.1, -0.05) is 11.6 Å². The molecule has 0 aromatic carbocycles. The molecule has 8 nitrogen and oxygen atoms in total. The van der Waals surface area contributed by atoms with Gasteiger partial charge in [-0.05, 0) is 31.4 Å². The molecule has 0 unspecified atom stereocenters. The van der Waals surface area contributed by atoms with Gasteiger partial charge in [0.25, 0.3) is 0 Å². The Morgan fingerprint density at radius 1 is 1.31 bits per heavy atom. The number of carbonyl (C=O) groups is 2. The zero-order valence-corrected chi connectivity index (χ0v) is 14.8. The topological polar surface area (TPSA) is 101 Å². The van der Waals surface area contributed by atoms with E-state index in [1.54, 1.807) is 12.1 Å². The maximum atomic E-state index is 11.9. The molecule has 1 aliphatic rings. The number of nitrogens with one attached hydrogen (secondary N) is 1. The van der Waals surface area contributed by atoms with Crippen molar-refractivity contribution in [3.63, 3.8) is 0 Å². The van der Waals surface area contributed by atoms with E-state index < -0.39 is 0 Å². The van der Waals surface area contributed by atoms with E-state index in [-0.39, 0.29) is 18.2 Å². The van der Waals surface area contributed by atoms with Gasteiger partial charge in [0.05, 0.1) is 6.26 Å². The van der Waals surface area contributed by atoms with Crippen molar-refractivity contribution in [2.45, 2.75) is 44.9 Å².